The Balaban J connectivity index is 0.00000341. The number of nitrogens with one attached hydrogen (secondary N) is 2. The molecule has 1 aliphatic rings. The molecule has 10 heteroatoms. The van der Waals surface area contributed by atoms with Gasteiger partial charge in [-0.15, -0.1) is 24.0 Å². The van der Waals surface area contributed by atoms with Crippen LogP contribution in [0.1, 0.15) is 41.8 Å². The number of rotatable bonds is 6. The number of piperidine rings is 1. The summed E-state index contributed by atoms with van der Waals surface area (Å²) >= 11 is 0. The van der Waals surface area contributed by atoms with E-state index in [0.29, 0.717) is 37.0 Å². The minimum absolute atomic E-state index is 0. The van der Waals surface area contributed by atoms with Gasteiger partial charge in [0, 0.05) is 51.5 Å². The standard InChI is InChI=1S/C21H32N6O2S.HI/c1-16-20(17(2)26(4)25-16)15-24-21(22-3)23-14-18-8-10-19(11-9-18)30(28,29)27-12-6-5-7-13-27;/h8-11H,5-7,12-15H2,1-4H3,(H2,22,23,24);1H. The van der Waals surface area contributed by atoms with Crippen molar-refractivity contribution in [1.82, 2.24) is 24.7 Å². The monoisotopic (exact) mass is 560 g/mol. The van der Waals surface area contributed by atoms with Gasteiger partial charge in [-0.2, -0.15) is 9.40 Å². The van der Waals surface area contributed by atoms with Crippen molar-refractivity contribution in [2.24, 2.45) is 12.0 Å². The largest absolute Gasteiger partial charge is 0.352 e. The van der Waals surface area contributed by atoms with Crippen molar-refractivity contribution < 1.29 is 8.42 Å². The molecular formula is C21H33IN6O2S. The lowest BCUT2D eigenvalue weighted by Gasteiger charge is -2.25. The van der Waals surface area contributed by atoms with Crippen molar-refractivity contribution >= 4 is 40.0 Å². The van der Waals surface area contributed by atoms with Crippen LogP contribution in [-0.4, -0.2) is 48.6 Å². The summed E-state index contributed by atoms with van der Waals surface area (Å²) in [5.41, 5.74) is 4.28. The highest BCUT2D eigenvalue weighted by Gasteiger charge is 2.25. The SMILES string of the molecule is CN=C(NCc1ccc(S(=O)(=O)N2CCCCC2)cc1)NCc1c(C)nn(C)c1C.I. The summed E-state index contributed by atoms with van der Waals surface area (Å²) in [6, 6.07) is 7.10. The number of aryl methyl sites for hydroxylation is 2. The highest BCUT2D eigenvalue weighted by atomic mass is 127. The topological polar surface area (TPSA) is 91.6 Å². The van der Waals surface area contributed by atoms with E-state index in [0.717, 1.165) is 41.8 Å². The van der Waals surface area contributed by atoms with Gasteiger partial charge in [-0.1, -0.05) is 18.6 Å². The third-order valence-electron chi connectivity index (χ3n) is 5.65. The zero-order valence-electron chi connectivity index (χ0n) is 18.7. The molecule has 0 saturated carbocycles. The summed E-state index contributed by atoms with van der Waals surface area (Å²) < 4.78 is 29.0. The second-order valence-electron chi connectivity index (χ2n) is 7.66. The first kappa shape index (κ1) is 25.6. The van der Waals surface area contributed by atoms with E-state index in [9.17, 15) is 8.42 Å². The third kappa shape index (κ3) is 6.19. The van der Waals surface area contributed by atoms with Crippen molar-refractivity contribution in [2.45, 2.75) is 51.1 Å². The molecule has 0 radical (unpaired) electrons. The molecule has 1 aromatic carbocycles. The Morgan fingerprint density at radius 1 is 1.06 bits per heavy atom. The molecule has 8 nitrogen and oxygen atoms in total. The van der Waals surface area contributed by atoms with Crippen molar-refractivity contribution in [3.63, 3.8) is 0 Å². The third-order valence-corrected chi connectivity index (χ3v) is 7.56. The molecule has 172 valence electrons. The lowest BCUT2D eigenvalue weighted by Crippen LogP contribution is -2.36. The molecule has 0 spiro atoms. The van der Waals surface area contributed by atoms with Crippen LogP contribution in [0.15, 0.2) is 34.2 Å². The van der Waals surface area contributed by atoms with Crippen LogP contribution < -0.4 is 10.6 Å². The summed E-state index contributed by atoms with van der Waals surface area (Å²) in [5, 5.41) is 11.0. The maximum Gasteiger partial charge on any atom is 0.243 e. The van der Waals surface area contributed by atoms with Crippen LogP contribution in [0.2, 0.25) is 0 Å². The van der Waals surface area contributed by atoms with Crippen molar-refractivity contribution in [2.75, 3.05) is 20.1 Å². The fourth-order valence-electron chi connectivity index (χ4n) is 3.69. The van der Waals surface area contributed by atoms with Gasteiger partial charge in [0.1, 0.15) is 0 Å². The molecule has 2 aromatic rings. The van der Waals surface area contributed by atoms with Crippen molar-refractivity contribution in [3.05, 3.63) is 46.8 Å². The number of nitrogens with zero attached hydrogens (tertiary/aromatic N) is 4. The molecule has 1 aromatic heterocycles. The molecule has 2 heterocycles. The number of guanidine groups is 1. The number of halogens is 1. The van der Waals surface area contributed by atoms with Gasteiger partial charge in [0.25, 0.3) is 0 Å². The van der Waals surface area contributed by atoms with Gasteiger partial charge in [-0.05, 0) is 44.4 Å². The van der Waals surface area contributed by atoms with Crippen molar-refractivity contribution in [1.29, 1.82) is 0 Å². The zero-order valence-corrected chi connectivity index (χ0v) is 21.8. The molecule has 31 heavy (non-hydrogen) atoms. The lowest BCUT2D eigenvalue weighted by molar-refractivity contribution is 0.346. The van der Waals surface area contributed by atoms with E-state index in [2.05, 4.69) is 20.7 Å². The second-order valence-corrected chi connectivity index (χ2v) is 9.60. The molecule has 1 aliphatic heterocycles. The minimum Gasteiger partial charge on any atom is -0.352 e. The highest BCUT2D eigenvalue weighted by molar-refractivity contribution is 14.0. The molecule has 1 fully saturated rings. The van der Waals surface area contributed by atoms with E-state index in [1.165, 1.54) is 0 Å². The Morgan fingerprint density at radius 2 is 1.68 bits per heavy atom. The minimum atomic E-state index is -3.39. The normalized spacial score (nSPS) is 15.4. The molecule has 0 aliphatic carbocycles. The summed E-state index contributed by atoms with van der Waals surface area (Å²) in [7, 11) is 0.276. The first-order valence-corrected chi connectivity index (χ1v) is 11.8. The van der Waals surface area contributed by atoms with Gasteiger partial charge < -0.3 is 10.6 Å². The molecule has 1 saturated heterocycles. The van der Waals surface area contributed by atoms with Gasteiger partial charge in [-0.3, -0.25) is 9.67 Å². The molecule has 2 N–H and O–H groups in total. The van der Waals surface area contributed by atoms with Crippen LogP contribution in [0.25, 0.3) is 0 Å². The van der Waals surface area contributed by atoms with E-state index < -0.39 is 10.0 Å². The number of hydrogen-bond donors (Lipinski definition) is 2. The van der Waals surface area contributed by atoms with Gasteiger partial charge in [0.05, 0.1) is 10.6 Å². The van der Waals surface area contributed by atoms with Crippen LogP contribution in [0.4, 0.5) is 0 Å². The summed E-state index contributed by atoms with van der Waals surface area (Å²) in [5.74, 6) is 0.683. The zero-order chi connectivity index (χ0) is 21.7. The van der Waals surface area contributed by atoms with Crippen LogP contribution in [0.3, 0.4) is 0 Å². The molecule has 0 atom stereocenters. The first-order chi connectivity index (χ1) is 14.3. The number of aromatic nitrogens is 2. The van der Waals surface area contributed by atoms with E-state index >= 15 is 0 Å². The Kier molecular flexibility index (Phi) is 9.31. The average Bonchev–Trinajstić information content (AvgIpc) is 3.00. The summed E-state index contributed by atoms with van der Waals surface area (Å²) in [6.45, 7) is 6.46. The van der Waals surface area contributed by atoms with Crippen LogP contribution in [-0.2, 0) is 30.2 Å². The Morgan fingerprint density at radius 3 is 2.23 bits per heavy atom. The van der Waals surface area contributed by atoms with E-state index in [1.807, 2.05) is 37.7 Å². The highest BCUT2D eigenvalue weighted by Crippen LogP contribution is 2.20. The quantitative estimate of drug-likeness (QED) is 0.322. The lowest BCUT2D eigenvalue weighted by atomic mass is 10.2. The second kappa shape index (κ2) is 11.3. The van der Waals surface area contributed by atoms with Crippen molar-refractivity contribution in [3.8, 4) is 0 Å². The van der Waals surface area contributed by atoms with Gasteiger partial charge in [0.2, 0.25) is 10.0 Å². The number of sulfonamides is 1. The van der Waals surface area contributed by atoms with E-state index in [4.69, 9.17) is 0 Å². The predicted octanol–water partition coefficient (Wildman–Crippen LogP) is 2.69. The maximum absolute atomic E-state index is 12.8. The fourth-order valence-corrected chi connectivity index (χ4v) is 5.20. The summed E-state index contributed by atoms with van der Waals surface area (Å²) in [6.07, 6.45) is 2.98. The maximum atomic E-state index is 12.8. The van der Waals surface area contributed by atoms with Gasteiger partial charge >= 0.3 is 0 Å². The Bertz CT molecular complexity index is 996. The van der Waals surface area contributed by atoms with Gasteiger partial charge in [-0.25, -0.2) is 8.42 Å². The fraction of sp³-hybridized carbons (Fsp3) is 0.524. The Hall–Kier alpha value is -1.66. The summed E-state index contributed by atoms with van der Waals surface area (Å²) in [4.78, 5) is 4.63. The van der Waals surface area contributed by atoms with Crippen LogP contribution in [0, 0.1) is 13.8 Å². The van der Waals surface area contributed by atoms with E-state index in [1.54, 1.807) is 23.5 Å². The smallest absolute Gasteiger partial charge is 0.243 e. The number of hydrogen-bond acceptors (Lipinski definition) is 4. The van der Waals surface area contributed by atoms with Crippen LogP contribution in [0.5, 0.6) is 0 Å². The first-order valence-electron chi connectivity index (χ1n) is 10.4. The molecule has 0 bridgehead atoms. The average molecular weight is 561 g/mol. The molecule has 0 amide bonds. The van der Waals surface area contributed by atoms with Crippen LogP contribution >= 0.6 is 24.0 Å². The van der Waals surface area contributed by atoms with Gasteiger partial charge in [0.15, 0.2) is 5.96 Å². The predicted molar refractivity (Wildman–Crippen MR) is 134 cm³/mol. The number of aliphatic imine (C=N–C) groups is 1. The molecule has 3 rings (SSSR count). The molecule has 0 unspecified atom stereocenters. The molecular weight excluding hydrogens is 527 g/mol. The van der Waals surface area contributed by atoms with E-state index in [-0.39, 0.29) is 24.0 Å². The number of benzene rings is 1. The Labute approximate surface area is 202 Å².